The first kappa shape index (κ1) is 16.0. The summed E-state index contributed by atoms with van der Waals surface area (Å²) in [4.78, 5) is 0. The number of ether oxygens (including phenoxy) is 1. The highest BCUT2D eigenvalue weighted by Crippen LogP contribution is 2.33. The van der Waals surface area contributed by atoms with Gasteiger partial charge in [0.2, 0.25) is 0 Å². The van der Waals surface area contributed by atoms with Crippen LogP contribution >= 0.6 is 0 Å². The van der Waals surface area contributed by atoms with Crippen molar-refractivity contribution >= 4 is 0 Å². The molecule has 0 amide bonds. The van der Waals surface area contributed by atoms with Crippen LogP contribution in [0.5, 0.6) is 0 Å². The summed E-state index contributed by atoms with van der Waals surface area (Å²) in [5.74, 6) is 2.55. The molecule has 108 valence electrons. The van der Waals surface area contributed by atoms with E-state index in [0.29, 0.717) is 6.04 Å². The molecule has 1 aliphatic rings. The predicted molar refractivity (Wildman–Crippen MR) is 78.9 cm³/mol. The van der Waals surface area contributed by atoms with E-state index < -0.39 is 0 Å². The monoisotopic (exact) mass is 255 g/mol. The van der Waals surface area contributed by atoms with E-state index in [2.05, 4.69) is 33.0 Å². The number of hydrogen-bond donors (Lipinski definition) is 1. The molecule has 0 radical (unpaired) electrons. The van der Waals surface area contributed by atoms with Gasteiger partial charge in [-0.25, -0.2) is 0 Å². The lowest BCUT2D eigenvalue weighted by molar-refractivity contribution is 0.116. The molecule has 0 saturated heterocycles. The molecule has 0 heterocycles. The maximum absolute atomic E-state index is 5.63. The van der Waals surface area contributed by atoms with Crippen LogP contribution in [0.2, 0.25) is 0 Å². The molecule has 1 fully saturated rings. The maximum atomic E-state index is 5.63. The average molecular weight is 255 g/mol. The van der Waals surface area contributed by atoms with Gasteiger partial charge in [-0.15, -0.1) is 0 Å². The standard InChI is InChI=1S/C16H33NO/c1-5-6-10-18-11-9-17-16-12-14(4)7-8-15(16)13(2)3/h13-17H,5-12H2,1-4H3. The molecule has 0 aliphatic heterocycles. The molecular weight excluding hydrogens is 222 g/mol. The highest BCUT2D eigenvalue weighted by Gasteiger charge is 2.29. The van der Waals surface area contributed by atoms with E-state index in [1.165, 1.54) is 32.1 Å². The van der Waals surface area contributed by atoms with E-state index in [9.17, 15) is 0 Å². The molecule has 1 N–H and O–H groups in total. The van der Waals surface area contributed by atoms with E-state index in [1.807, 2.05) is 0 Å². The highest BCUT2D eigenvalue weighted by molar-refractivity contribution is 4.85. The van der Waals surface area contributed by atoms with Gasteiger partial charge in [-0.1, -0.05) is 40.5 Å². The Hall–Kier alpha value is -0.0800. The quantitative estimate of drug-likeness (QED) is 0.665. The Labute approximate surface area is 114 Å². The molecule has 18 heavy (non-hydrogen) atoms. The smallest absolute Gasteiger partial charge is 0.0591 e. The van der Waals surface area contributed by atoms with Crippen LogP contribution in [0.1, 0.15) is 59.8 Å². The fourth-order valence-electron chi connectivity index (χ4n) is 3.10. The molecule has 3 atom stereocenters. The minimum atomic E-state index is 0.712. The molecule has 0 aromatic heterocycles. The summed E-state index contributed by atoms with van der Waals surface area (Å²) in [6, 6.07) is 0.712. The minimum absolute atomic E-state index is 0.712. The first-order valence-corrected chi connectivity index (χ1v) is 7.96. The van der Waals surface area contributed by atoms with Gasteiger partial charge in [0.05, 0.1) is 6.61 Å². The number of nitrogens with one attached hydrogen (secondary N) is 1. The predicted octanol–water partition coefficient (Wildman–Crippen LogP) is 3.85. The van der Waals surface area contributed by atoms with Crippen molar-refractivity contribution in [1.82, 2.24) is 5.32 Å². The largest absolute Gasteiger partial charge is 0.380 e. The Morgan fingerprint density at radius 1 is 1.22 bits per heavy atom. The maximum Gasteiger partial charge on any atom is 0.0591 e. The molecule has 3 unspecified atom stereocenters. The summed E-state index contributed by atoms with van der Waals surface area (Å²) >= 11 is 0. The normalized spacial score (nSPS) is 28.8. The van der Waals surface area contributed by atoms with Gasteiger partial charge in [0.25, 0.3) is 0 Å². The fraction of sp³-hybridized carbons (Fsp3) is 1.00. The first-order chi connectivity index (χ1) is 8.65. The second-order valence-corrected chi connectivity index (χ2v) is 6.35. The van der Waals surface area contributed by atoms with Gasteiger partial charge in [-0.3, -0.25) is 0 Å². The summed E-state index contributed by atoms with van der Waals surface area (Å²) < 4.78 is 5.63. The van der Waals surface area contributed by atoms with Crippen LogP contribution in [0.15, 0.2) is 0 Å². The van der Waals surface area contributed by atoms with Crippen LogP contribution in [0.25, 0.3) is 0 Å². The zero-order valence-corrected chi connectivity index (χ0v) is 12.9. The first-order valence-electron chi connectivity index (χ1n) is 7.96. The SMILES string of the molecule is CCCCOCCNC1CC(C)CCC1C(C)C. The van der Waals surface area contributed by atoms with Gasteiger partial charge in [0, 0.05) is 19.2 Å². The number of rotatable bonds is 8. The Bertz CT molecular complexity index is 205. The topological polar surface area (TPSA) is 21.3 Å². The summed E-state index contributed by atoms with van der Waals surface area (Å²) in [5, 5.41) is 3.74. The second kappa shape index (κ2) is 8.92. The fourth-order valence-corrected chi connectivity index (χ4v) is 3.10. The zero-order chi connectivity index (χ0) is 13.4. The van der Waals surface area contributed by atoms with Crippen LogP contribution < -0.4 is 5.32 Å². The van der Waals surface area contributed by atoms with Gasteiger partial charge in [0.1, 0.15) is 0 Å². The molecule has 1 rings (SSSR count). The molecule has 2 nitrogen and oxygen atoms in total. The molecule has 1 aliphatic carbocycles. The van der Waals surface area contributed by atoms with Crippen molar-refractivity contribution < 1.29 is 4.74 Å². The van der Waals surface area contributed by atoms with Crippen molar-refractivity contribution in [1.29, 1.82) is 0 Å². The van der Waals surface area contributed by atoms with Crippen LogP contribution in [0, 0.1) is 17.8 Å². The zero-order valence-electron chi connectivity index (χ0n) is 12.9. The van der Waals surface area contributed by atoms with Crippen molar-refractivity contribution in [3.05, 3.63) is 0 Å². The Balaban J connectivity index is 2.20. The Kier molecular flexibility index (Phi) is 7.92. The van der Waals surface area contributed by atoms with Gasteiger partial charge in [-0.05, 0) is 37.0 Å². The van der Waals surface area contributed by atoms with Crippen molar-refractivity contribution in [3.8, 4) is 0 Å². The lowest BCUT2D eigenvalue weighted by Gasteiger charge is -2.38. The third-order valence-electron chi connectivity index (χ3n) is 4.32. The van der Waals surface area contributed by atoms with Crippen molar-refractivity contribution in [2.75, 3.05) is 19.8 Å². The number of unbranched alkanes of at least 4 members (excludes halogenated alkanes) is 1. The molecule has 0 aromatic rings. The molecule has 0 bridgehead atoms. The van der Waals surface area contributed by atoms with Gasteiger partial charge >= 0.3 is 0 Å². The molecule has 2 heteroatoms. The van der Waals surface area contributed by atoms with Gasteiger partial charge in [-0.2, -0.15) is 0 Å². The number of hydrogen-bond acceptors (Lipinski definition) is 2. The molecule has 0 aromatic carbocycles. The van der Waals surface area contributed by atoms with E-state index >= 15 is 0 Å². The molecular formula is C16H33NO. The highest BCUT2D eigenvalue weighted by atomic mass is 16.5. The summed E-state index contributed by atoms with van der Waals surface area (Å²) in [5.41, 5.74) is 0. The van der Waals surface area contributed by atoms with Crippen molar-refractivity contribution in [2.24, 2.45) is 17.8 Å². The van der Waals surface area contributed by atoms with E-state index in [-0.39, 0.29) is 0 Å². The lowest BCUT2D eigenvalue weighted by Crippen LogP contribution is -2.44. The summed E-state index contributed by atoms with van der Waals surface area (Å²) in [6.07, 6.45) is 6.57. The van der Waals surface area contributed by atoms with Crippen molar-refractivity contribution in [3.63, 3.8) is 0 Å². The van der Waals surface area contributed by atoms with Crippen molar-refractivity contribution in [2.45, 2.75) is 65.8 Å². The van der Waals surface area contributed by atoms with Gasteiger partial charge < -0.3 is 10.1 Å². The molecule has 0 spiro atoms. The second-order valence-electron chi connectivity index (χ2n) is 6.35. The van der Waals surface area contributed by atoms with Crippen LogP contribution in [-0.2, 0) is 4.74 Å². The average Bonchev–Trinajstić information content (AvgIpc) is 2.33. The third-order valence-corrected chi connectivity index (χ3v) is 4.32. The Morgan fingerprint density at radius 3 is 2.67 bits per heavy atom. The van der Waals surface area contributed by atoms with E-state index in [1.54, 1.807) is 0 Å². The summed E-state index contributed by atoms with van der Waals surface area (Å²) in [6.45, 7) is 12.1. The van der Waals surface area contributed by atoms with E-state index in [0.717, 1.165) is 37.5 Å². The van der Waals surface area contributed by atoms with Crippen LogP contribution in [-0.4, -0.2) is 25.8 Å². The Morgan fingerprint density at radius 2 is 2.00 bits per heavy atom. The van der Waals surface area contributed by atoms with Gasteiger partial charge in [0.15, 0.2) is 0 Å². The summed E-state index contributed by atoms with van der Waals surface area (Å²) in [7, 11) is 0. The van der Waals surface area contributed by atoms with Crippen LogP contribution in [0.3, 0.4) is 0 Å². The molecule has 1 saturated carbocycles. The van der Waals surface area contributed by atoms with Crippen LogP contribution in [0.4, 0.5) is 0 Å². The van der Waals surface area contributed by atoms with E-state index in [4.69, 9.17) is 4.74 Å². The minimum Gasteiger partial charge on any atom is -0.380 e. The third kappa shape index (κ3) is 5.71. The lowest BCUT2D eigenvalue weighted by atomic mass is 9.74.